The molecule has 1 aliphatic heterocycles. The fourth-order valence-electron chi connectivity index (χ4n) is 3.48. The predicted molar refractivity (Wildman–Crippen MR) is 121 cm³/mol. The van der Waals surface area contributed by atoms with Crippen molar-refractivity contribution in [2.24, 2.45) is 0 Å². The number of hydrogen-bond donors (Lipinski definition) is 0. The second-order valence-electron chi connectivity index (χ2n) is 7.25. The highest BCUT2D eigenvalue weighted by Crippen LogP contribution is 2.35. The number of thioether (sulfide) groups is 1. The van der Waals surface area contributed by atoms with Crippen LogP contribution in [0.25, 0.3) is 11.5 Å². The van der Waals surface area contributed by atoms with Crippen LogP contribution in [0.2, 0.25) is 0 Å². The Morgan fingerprint density at radius 2 is 1.72 bits per heavy atom. The molecule has 4 rings (SSSR count). The van der Waals surface area contributed by atoms with Gasteiger partial charge in [-0.05, 0) is 42.7 Å². The zero-order valence-corrected chi connectivity index (χ0v) is 19.0. The van der Waals surface area contributed by atoms with Gasteiger partial charge in [0.25, 0.3) is 0 Å². The molecule has 0 saturated carbocycles. The summed E-state index contributed by atoms with van der Waals surface area (Å²) in [6, 6.07) is 13.6. The van der Waals surface area contributed by atoms with Crippen LogP contribution in [0.4, 0.5) is 10.3 Å². The van der Waals surface area contributed by atoms with Crippen molar-refractivity contribution in [3.63, 3.8) is 0 Å². The Kier molecular flexibility index (Phi) is 6.52. The van der Waals surface area contributed by atoms with Gasteiger partial charge in [-0.25, -0.2) is 12.8 Å². The van der Waals surface area contributed by atoms with Crippen LogP contribution in [-0.2, 0) is 14.6 Å². The summed E-state index contributed by atoms with van der Waals surface area (Å²) in [5, 5.41) is -0.216. The van der Waals surface area contributed by atoms with Gasteiger partial charge in [0.15, 0.2) is 0 Å². The summed E-state index contributed by atoms with van der Waals surface area (Å²) in [4.78, 5) is 20.0. The van der Waals surface area contributed by atoms with Gasteiger partial charge in [0, 0.05) is 31.7 Å². The smallest absolute Gasteiger partial charge is 0.236 e. The predicted octanol–water partition coefficient (Wildman–Crippen LogP) is 3.33. The molecule has 2 heterocycles. The van der Waals surface area contributed by atoms with Crippen LogP contribution in [0.1, 0.15) is 0 Å². The maximum absolute atomic E-state index is 13.4. The number of sulfone groups is 1. The number of nitrogens with zero attached hydrogens (tertiary/aromatic N) is 3. The molecule has 0 radical (unpaired) electrons. The number of amides is 1. The van der Waals surface area contributed by atoms with Crippen molar-refractivity contribution in [3.05, 3.63) is 60.4 Å². The number of carbonyl (C=O) groups is 1. The highest BCUT2D eigenvalue weighted by Gasteiger charge is 2.33. The third-order valence-corrected chi connectivity index (χ3v) is 7.37. The van der Waals surface area contributed by atoms with E-state index in [9.17, 15) is 17.6 Å². The van der Waals surface area contributed by atoms with Gasteiger partial charge in [-0.1, -0.05) is 18.2 Å². The first-order valence-electron chi connectivity index (χ1n) is 9.98. The molecule has 2 aromatic carbocycles. The van der Waals surface area contributed by atoms with E-state index in [4.69, 9.17) is 4.42 Å². The molecular weight excluding hydrogens is 453 g/mol. The first-order valence-corrected chi connectivity index (χ1v) is 12.9. The second kappa shape index (κ2) is 9.33. The van der Waals surface area contributed by atoms with Crippen LogP contribution < -0.4 is 4.90 Å². The summed E-state index contributed by atoms with van der Waals surface area (Å²) in [5.74, 6) is 0.247. The highest BCUT2D eigenvalue weighted by molar-refractivity contribution is 7.99. The molecule has 0 N–H and O–H groups in total. The monoisotopic (exact) mass is 475 g/mol. The summed E-state index contributed by atoms with van der Waals surface area (Å²) in [7, 11) is -4.06. The largest absolute Gasteiger partial charge is 0.419 e. The Morgan fingerprint density at radius 3 is 2.34 bits per heavy atom. The molecule has 0 bridgehead atoms. The van der Waals surface area contributed by atoms with E-state index in [0.717, 1.165) is 12.1 Å². The lowest BCUT2D eigenvalue weighted by Crippen LogP contribution is -2.49. The van der Waals surface area contributed by atoms with E-state index in [-0.39, 0.29) is 27.6 Å². The van der Waals surface area contributed by atoms with Gasteiger partial charge in [-0.3, -0.25) is 4.79 Å². The van der Waals surface area contributed by atoms with Crippen molar-refractivity contribution in [2.75, 3.05) is 43.1 Å². The lowest BCUT2D eigenvalue weighted by Gasteiger charge is -2.34. The Labute approximate surface area is 190 Å². The molecule has 1 aliphatic rings. The average Bonchev–Trinajstić information content (AvgIpc) is 3.27. The molecule has 32 heavy (non-hydrogen) atoms. The fourth-order valence-corrected chi connectivity index (χ4v) is 5.23. The molecule has 7 nitrogen and oxygen atoms in total. The van der Waals surface area contributed by atoms with Crippen molar-refractivity contribution in [3.8, 4) is 11.5 Å². The zero-order valence-electron chi connectivity index (χ0n) is 17.4. The number of aromatic nitrogens is 1. The fraction of sp³-hybridized carbons (Fsp3) is 0.273. The maximum Gasteiger partial charge on any atom is 0.236 e. The Hall–Kier alpha value is -2.85. The van der Waals surface area contributed by atoms with E-state index >= 15 is 0 Å². The van der Waals surface area contributed by atoms with E-state index in [1.54, 1.807) is 21.9 Å². The number of oxazole rings is 1. The third-order valence-electron chi connectivity index (χ3n) is 5.17. The summed E-state index contributed by atoms with van der Waals surface area (Å²) >= 11 is 1.47. The van der Waals surface area contributed by atoms with Crippen LogP contribution in [0.15, 0.2) is 68.9 Å². The molecule has 1 fully saturated rings. The Morgan fingerprint density at radius 1 is 1.06 bits per heavy atom. The quantitative estimate of drug-likeness (QED) is 0.506. The molecular formula is C22H22FN3O4S2. The van der Waals surface area contributed by atoms with Crippen molar-refractivity contribution in [2.45, 2.75) is 9.92 Å². The zero-order chi connectivity index (χ0) is 22.7. The first-order chi connectivity index (χ1) is 15.4. The van der Waals surface area contributed by atoms with Crippen molar-refractivity contribution < 1.29 is 22.0 Å². The number of carbonyl (C=O) groups excluding carboxylic acids is 1. The van der Waals surface area contributed by atoms with E-state index in [0.29, 0.717) is 37.5 Å². The standard InChI is InChI=1S/C22H22FN3O4S2/c1-31-15-19(27)25-11-13-26(14-12-25)22-21(24-20(30-22)16-5-3-2-4-6-16)32(28,29)18-9-7-17(23)8-10-18/h2-10H,11-15H2,1H3. The Balaban J connectivity index is 1.71. The molecule has 1 saturated heterocycles. The minimum Gasteiger partial charge on any atom is -0.419 e. The van der Waals surface area contributed by atoms with Gasteiger partial charge in [-0.15, -0.1) is 0 Å². The highest BCUT2D eigenvalue weighted by atomic mass is 32.2. The SMILES string of the molecule is CSCC(=O)N1CCN(c2oc(-c3ccccc3)nc2S(=O)(=O)c2ccc(F)cc2)CC1. The van der Waals surface area contributed by atoms with Crippen LogP contribution in [0.3, 0.4) is 0 Å². The van der Waals surface area contributed by atoms with Crippen LogP contribution >= 0.6 is 11.8 Å². The number of halogens is 1. The van der Waals surface area contributed by atoms with Gasteiger partial charge in [0.05, 0.1) is 10.6 Å². The van der Waals surface area contributed by atoms with E-state index < -0.39 is 15.7 Å². The number of anilines is 1. The van der Waals surface area contributed by atoms with Crippen molar-refractivity contribution >= 4 is 33.4 Å². The van der Waals surface area contributed by atoms with Gasteiger partial charge < -0.3 is 14.2 Å². The second-order valence-corrected chi connectivity index (χ2v) is 9.98. The van der Waals surface area contributed by atoms with E-state index in [1.165, 1.54) is 23.9 Å². The lowest BCUT2D eigenvalue weighted by molar-refractivity contribution is -0.128. The van der Waals surface area contributed by atoms with Crippen LogP contribution in [0.5, 0.6) is 0 Å². The molecule has 0 aliphatic carbocycles. The summed E-state index contributed by atoms with van der Waals surface area (Å²) < 4.78 is 46.1. The normalized spacial score (nSPS) is 14.6. The van der Waals surface area contributed by atoms with Gasteiger partial charge >= 0.3 is 0 Å². The van der Waals surface area contributed by atoms with Gasteiger partial charge in [0.1, 0.15) is 5.82 Å². The molecule has 0 atom stereocenters. The summed E-state index contributed by atoms with van der Waals surface area (Å²) in [5.41, 5.74) is 0.642. The molecule has 168 valence electrons. The molecule has 0 unspecified atom stereocenters. The van der Waals surface area contributed by atoms with Gasteiger partial charge in [0.2, 0.25) is 32.5 Å². The lowest BCUT2D eigenvalue weighted by atomic mass is 10.2. The minimum atomic E-state index is -4.06. The van der Waals surface area contributed by atoms with Crippen LogP contribution in [0, 0.1) is 5.82 Å². The first kappa shape index (κ1) is 22.3. The average molecular weight is 476 g/mol. The number of hydrogen-bond acceptors (Lipinski definition) is 7. The number of rotatable bonds is 6. The Bertz CT molecular complexity index is 1190. The topological polar surface area (TPSA) is 83.7 Å². The summed E-state index contributed by atoms with van der Waals surface area (Å²) in [6.07, 6.45) is 1.88. The van der Waals surface area contributed by atoms with Gasteiger partial charge in [-0.2, -0.15) is 16.7 Å². The van der Waals surface area contributed by atoms with Crippen molar-refractivity contribution in [1.29, 1.82) is 0 Å². The molecule has 0 spiro atoms. The molecule has 1 amide bonds. The third kappa shape index (κ3) is 4.51. The number of piperazine rings is 1. The minimum absolute atomic E-state index is 0.0545. The van der Waals surface area contributed by atoms with E-state index in [2.05, 4.69) is 4.98 Å². The maximum atomic E-state index is 13.4. The molecule has 3 aromatic rings. The summed E-state index contributed by atoms with van der Waals surface area (Å²) in [6.45, 7) is 1.73. The van der Waals surface area contributed by atoms with E-state index in [1.807, 2.05) is 24.5 Å². The molecule has 10 heteroatoms. The number of benzene rings is 2. The van der Waals surface area contributed by atoms with Crippen LogP contribution in [-0.4, -0.2) is 62.4 Å². The molecule has 1 aromatic heterocycles. The van der Waals surface area contributed by atoms with Crippen molar-refractivity contribution in [1.82, 2.24) is 9.88 Å².